The molecule has 2 rings (SSSR count). The van der Waals surface area contributed by atoms with Crippen molar-refractivity contribution in [3.63, 3.8) is 0 Å². The van der Waals surface area contributed by atoms with Crippen LogP contribution in [0.5, 0.6) is 11.5 Å². The lowest BCUT2D eigenvalue weighted by Gasteiger charge is -2.33. The van der Waals surface area contributed by atoms with Crippen molar-refractivity contribution in [2.75, 3.05) is 27.3 Å². The van der Waals surface area contributed by atoms with Gasteiger partial charge in [0.15, 0.2) is 0 Å². The summed E-state index contributed by atoms with van der Waals surface area (Å²) in [6.45, 7) is 4.59. The average Bonchev–Trinajstić information content (AvgIpc) is 2.37. The van der Waals surface area contributed by atoms with E-state index in [-0.39, 0.29) is 0 Å². The second-order valence-corrected chi connectivity index (χ2v) is 4.61. The van der Waals surface area contributed by atoms with Crippen LogP contribution in [0.4, 0.5) is 0 Å². The molecule has 0 spiro atoms. The van der Waals surface area contributed by atoms with Crippen LogP contribution in [0.1, 0.15) is 30.6 Å². The number of rotatable bonds is 4. The molecule has 0 saturated heterocycles. The molecule has 0 aromatic heterocycles. The largest absolute Gasteiger partial charge is 0.496 e. The minimum atomic E-state index is -0.509. The van der Waals surface area contributed by atoms with Crippen LogP contribution >= 0.6 is 0 Å². The number of methoxy groups -OCH3 is 2. The molecule has 0 amide bonds. The number of hydrogen-bond donors (Lipinski definition) is 1. The summed E-state index contributed by atoms with van der Waals surface area (Å²) in [5.41, 5.74) is 1.92. The van der Waals surface area contributed by atoms with Crippen LogP contribution in [-0.2, 0) is 6.54 Å². The first-order valence-electron chi connectivity index (χ1n) is 6.35. The summed E-state index contributed by atoms with van der Waals surface area (Å²) in [4.78, 5) is 2.24. The monoisotopic (exact) mass is 251 g/mol. The van der Waals surface area contributed by atoms with Gasteiger partial charge in [0.25, 0.3) is 0 Å². The summed E-state index contributed by atoms with van der Waals surface area (Å²) in [6.07, 6.45) is 0.569. The van der Waals surface area contributed by atoms with E-state index in [9.17, 15) is 5.11 Å². The third kappa shape index (κ3) is 2.31. The normalized spacial score (nSPS) is 19.4. The maximum atomic E-state index is 10.3. The van der Waals surface area contributed by atoms with Gasteiger partial charge in [-0.15, -0.1) is 0 Å². The van der Waals surface area contributed by atoms with Crippen molar-refractivity contribution < 1.29 is 14.6 Å². The number of ether oxygens (including phenoxy) is 2. The lowest BCUT2D eigenvalue weighted by molar-refractivity contribution is 0.0885. The smallest absolute Gasteiger partial charge is 0.125 e. The highest BCUT2D eigenvalue weighted by molar-refractivity contribution is 5.51. The molecule has 0 fully saturated rings. The number of benzene rings is 1. The Hall–Kier alpha value is -1.26. The van der Waals surface area contributed by atoms with Gasteiger partial charge < -0.3 is 14.6 Å². The van der Waals surface area contributed by atoms with Crippen LogP contribution in [0.3, 0.4) is 0 Å². The predicted octanol–water partition coefficient (Wildman–Crippen LogP) is 1.96. The molecular formula is C14H21NO3. The molecule has 1 N–H and O–H groups in total. The lowest BCUT2D eigenvalue weighted by atomic mass is 9.95. The Bertz CT molecular complexity index is 420. The zero-order valence-corrected chi connectivity index (χ0v) is 11.3. The molecule has 0 saturated carbocycles. The van der Waals surface area contributed by atoms with Crippen molar-refractivity contribution in [2.24, 2.45) is 0 Å². The van der Waals surface area contributed by atoms with Gasteiger partial charge in [0, 0.05) is 24.2 Å². The van der Waals surface area contributed by atoms with Gasteiger partial charge in [-0.3, -0.25) is 4.90 Å². The van der Waals surface area contributed by atoms with Crippen LogP contribution < -0.4 is 9.47 Å². The van der Waals surface area contributed by atoms with E-state index in [1.54, 1.807) is 14.2 Å². The third-order valence-corrected chi connectivity index (χ3v) is 3.40. The van der Waals surface area contributed by atoms with Gasteiger partial charge in [-0.2, -0.15) is 0 Å². The van der Waals surface area contributed by atoms with Gasteiger partial charge in [-0.05, 0) is 25.1 Å². The molecule has 4 heteroatoms. The fourth-order valence-corrected chi connectivity index (χ4v) is 2.63. The summed E-state index contributed by atoms with van der Waals surface area (Å²) < 4.78 is 10.7. The summed E-state index contributed by atoms with van der Waals surface area (Å²) in [6, 6.07) is 3.76. The Labute approximate surface area is 108 Å². The number of aliphatic hydroxyl groups is 1. The Balaban J connectivity index is 2.42. The standard InChI is InChI=1S/C14H21NO3/c1-4-7-15-8-10-12(17-2)5-6-13(18-3)14(10)11(16)9-15/h5-6,11,16H,4,7-9H2,1-3H3. The van der Waals surface area contributed by atoms with E-state index in [4.69, 9.17) is 9.47 Å². The third-order valence-electron chi connectivity index (χ3n) is 3.40. The molecule has 100 valence electrons. The maximum Gasteiger partial charge on any atom is 0.125 e. The SMILES string of the molecule is CCCN1Cc2c(OC)ccc(OC)c2C(O)C1. The molecule has 18 heavy (non-hydrogen) atoms. The van der Waals surface area contributed by atoms with E-state index in [1.807, 2.05) is 12.1 Å². The van der Waals surface area contributed by atoms with E-state index in [2.05, 4.69) is 11.8 Å². The van der Waals surface area contributed by atoms with Crippen molar-refractivity contribution >= 4 is 0 Å². The topological polar surface area (TPSA) is 41.9 Å². The fourth-order valence-electron chi connectivity index (χ4n) is 2.63. The zero-order valence-electron chi connectivity index (χ0n) is 11.3. The first kappa shape index (κ1) is 13.2. The lowest BCUT2D eigenvalue weighted by Crippen LogP contribution is -2.34. The number of aliphatic hydroxyl groups excluding tert-OH is 1. The van der Waals surface area contributed by atoms with Gasteiger partial charge >= 0.3 is 0 Å². The van der Waals surface area contributed by atoms with Crippen LogP contribution in [0.15, 0.2) is 12.1 Å². The van der Waals surface area contributed by atoms with Crippen molar-refractivity contribution in [2.45, 2.75) is 26.0 Å². The van der Waals surface area contributed by atoms with Crippen LogP contribution in [0.2, 0.25) is 0 Å². The van der Waals surface area contributed by atoms with Gasteiger partial charge in [-0.1, -0.05) is 6.92 Å². The highest BCUT2D eigenvalue weighted by Gasteiger charge is 2.28. The van der Waals surface area contributed by atoms with Gasteiger partial charge in [0.05, 0.1) is 20.3 Å². The van der Waals surface area contributed by atoms with Crippen LogP contribution in [0.25, 0.3) is 0 Å². The van der Waals surface area contributed by atoms with E-state index in [0.717, 1.165) is 42.1 Å². The number of β-amino-alcohol motifs (C(OH)–C–C–N with tert-alkyl or cyclic N) is 1. The number of hydrogen-bond acceptors (Lipinski definition) is 4. The zero-order chi connectivity index (χ0) is 13.1. The fraction of sp³-hybridized carbons (Fsp3) is 0.571. The van der Waals surface area contributed by atoms with E-state index in [0.29, 0.717) is 6.54 Å². The predicted molar refractivity (Wildman–Crippen MR) is 70.1 cm³/mol. The molecule has 1 aromatic rings. The average molecular weight is 251 g/mol. The number of nitrogens with zero attached hydrogens (tertiary/aromatic N) is 1. The van der Waals surface area contributed by atoms with Gasteiger partial charge in [-0.25, -0.2) is 0 Å². The van der Waals surface area contributed by atoms with Crippen molar-refractivity contribution in [3.8, 4) is 11.5 Å². The van der Waals surface area contributed by atoms with E-state index < -0.39 is 6.10 Å². The molecular weight excluding hydrogens is 230 g/mol. The van der Waals surface area contributed by atoms with Crippen molar-refractivity contribution in [1.29, 1.82) is 0 Å². The Morgan fingerprint density at radius 1 is 1.28 bits per heavy atom. The molecule has 0 bridgehead atoms. The molecule has 1 aromatic carbocycles. The second kappa shape index (κ2) is 5.59. The van der Waals surface area contributed by atoms with Crippen LogP contribution in [0, 0.1) is 0 Å². The quantitative estimate of drug-likeness (QED) is 0.888. The molecule has 0 aliphatic carbocycles. The van der Waals surface area contributed by atoms with Crippen molar-refractivity contribution in [1.82, 2.24) is 4.90 Å². The summed E-state index contributed by atoms with van der Waals surface area (Å²) in [5.74, 6) is 1.57. The molecule has 1 atom stereocenters. The summed E-state index contributed by atoms with van der Waals surface area (Å²) in [7, 11) is 3.29. The van der Waals surface area contributed by atoms with E-state index >= 15 is 0 Å². The van der Waals surface area contributed by atoms with Crippen LogP contribution in [-0.4, -0.2) is 37.3 Å². The summed E-state index contributed by atoms with van der Waals surface area (Å²) in [5, 5.41) is 10.3. The Kier molecular flexibility index (Phi) is 4.09. The molecule has 4 nitrogen and oxygen atoms in total. The Morgan fingerprint density at radius 2 is 1.94 bits per heavy atom. The Morgan fingerprint density at radius 3 is 2.56 bits per heavy atom. The van der Waals surface area contributed by atoms with Crippen molar-refractivity contribution in [3.05, 3.63) is 23.3 Å². The van der Waals surface area contributed by atoms with Gasteiger partial charge in [0.1, 0.15) is 11.5 Å². The number of fused-ring (bicyclic) bond motifs is 1. The molecule has 1 heterocycles. The molecule has 1 aliphatic rings. The highest BCUT2D eigenvalue weighted by Crippen LogP contribution is 2.39. The first-order valence-corrected chi connectivity index (χ1v) is 6.35. The molecule has 0 radical (unpaired) electrons. The minimum absolute atomic E-state index is 0.509. The van der Waals surface area contributed by atoms with E-state index in [1.165, 1.54) is 0 Å². The summed E-state index contributed by atoms with van der Waals surface area (Å²) >= 11 is 0. The molecule has 1 unspecified atom stereocenters. The first-order chi connectivity index (χ1) is 8.71. The highest BCUT2D eigenvalue weighted by atomic mass is 16.5. The van der Waals surface area contributed by atoms with Gasteiger partial charge in [0.2, 0.25) is 0 Å². The second-order valence-electron chi connectivity index (χ2n) is 4.61. The molecule has 1 aliphatic heterocycles. The minimum Gasteiger partial charge on any atom is -0.496 e. The maximum absolute atomic E-state index is 10.3.